The first-order valence-corrected chi connectivity index (χ1v) is 10.4. The number of carbonyl (C=O) groups is 1. The van der Waals surface area contributed by atoms with Gasteiger partial charge < -0.3 is 4.74 Å². The Morgan fingerprint density at radius 3 is 2.42 bits per heavy atom. The van der Waals surface area contributed by atoms with Gasteiger partial charge in [0.15, 0.2) is 0 Å². The van der Waals surface area contributed by atoms with Gasteiger partial charge in [-0.05, 0) is 48.2 Å². The summed E-state index contributed by atoms with van der Waals surface area (Å²) < 4.78 is 33.6. The molecular weight excluding hydrogens is 418 g/mol. The topological polar surface area (TPSA) is 63.7 Å². The molecule has 0 bridgehead atoms. The fourth-order valence-corrected chi connectivity index (χ4v) is 5.14. The summed E-state index contributed by atoms with van der Waals surface area (Å²) >= 11 is 3.47. The van der Waals surface area contributed by atoms with E-state index in [0.29, 0.717) is 0 Å². The molecule has 0 saturated heterocycles. The summed E-state index contributed by atoms with van der Waals surface area (Å²) in [4.78, 5) is 12.5. The minimum atomic E-state index is -3.74. The summed E-state index contributed by atoms with van der Waals surface area (Å²) in [6, 6.07) is 10.7. The third-order valence-corrected chi connectivity index (χ3v) is 7.74. The van der Waals surface area contributed by atoms with Crippen LogP contribution < -0.4 is 0 Å². The molecule has 0 aromatic heterocycles. The Morgan fingerprint density at radius 2 is 1.81 bits per heavy atom. The maximum atomic E-state index is 13.2. The minimum absolute atomic E-state index is 0.0696. The average Bonchev–Trinajstić information content (AvgIpc) is 2.64. The predicted molar refractivity (Wildman–Crippen MR) is 102 cm³/mol. The van der Waals surface area contributed by atoms with Crippen LogP contribution in [-0.4, -0.2) is 32.3 Å². The highest BCUT2D eigenvalue weighted by molar-refractivity contribution is 9.10. The van der Waals surface area contributed by atoms with Crippen molar-refractivity contribution in [2.24, 2.45) is 0 Å². The number of fused-ring (bicyclic) bond motifs is 1. The van der Waals surface area contributed by atoms with Crippen molar-refractivity contribution in [1.82, 2.24) is 4.31 Å². The van der Waals surface area contributed by atoms with E-state index in [9.17, 15) is 13.2 Å². The van der Waals surface area contributed by atoms with Crippen LogP contribution in [0, 0.1) is 13.8 Å². The van der Waals surface area contributed by atoms with E-state index in [4.69, 9.17) is 4.74 Å². The van der Waals surface area contributed by atoms with Crippen LogP contribution in [0.25, 0.3) is 0 Å². The Hall–Kier alpha value is -1.70. The fraction of sp³-hybridized carbons (Fsp3) is 0.316. The number of hydrogen-bond acceptors (Lipinski definition) is 4. The molecule has 0 amide bonds. The average molecular weight is 438 g/mol. The smallest absolute Gasteiger partial charge is 0.314 e. The molecule has 1 aliphatic heterocycles. The van der Waals surface area contributed by atoms with Crippen LogP contribution in [0.3, 0.4) is 0 Å². The number of rotatable bonds is 3. The van der Waals surface area contributed by atoms with Crippen LogP contribution in [-0.2, 0) is 26.1 Å². The van der Waals surface area contributed by atoms with Crippen molar-refractivity contribution < 1.29 is 17.9 Å². The number of halogens is 1. The number of hydrogen-bond donors (Lipinski definition) is 0. The number of nitrogens with zero attached hydrogens (tertiary/aromatic N) is 1. The molecule has 1 aliphatic rings. The van der Waals surface area contributed by atoms with Crippen molar-refractivity contribution in [3.8, 4) is 0 Å². The van der Waals surface area contributed by atoms with Crippen molar-refractivity contribution in [2.75, 3.05) is 13.7 Å². The first kappa shape index (κ1) is 19.1. The van der Waals surface area contributed by atoms with Crippen molar-refractivity contribution in [3.05, 3.63) is 63.1 Å². The van der Waals surface area contributed by atoms with E-state index < -0.39 is 21.9 Å². The standard InChI is InChI=1S/C19H20BrNO4S/c1-12-8-15(9-13(2)18(12)20)26(23,24)21-10-14-6-4-5-7-16(14)17(11-21)19(22)25-3/h4-9,17H,10-11H2,1-3H3. The van der Waals surface area contributed by atoms with Crippen molar-refractivity contribution in [2.45, 2.75) is 31.2 Å². The van der Waals surface area contributed by atoms with Gasteiger partial charge in [0.2, 0.25) is 10.0 Å². The Labute approximate surface area is 162 Å². The van der Waals surface area contributed by atoms with Crippen molar-refractivity contribution in [3.63, 3.8) is 0 Å². The second kappa shape index (κ2) is 7.13. The van der Waals surface area contributed by atoms with Crippen molar-refractivity contribution in [1.29, 1.82) is 0 Å². The van der Waals surface area contributed by atoms with Crippen LogP contribution in [0.1, 0.15) is 28.2 Å². The quantitative estimate of drug-likeness (QED) is 0.688. The lowest BCUT2D eigenvalue weighted by Crippen LogP contribution is -2.40. The van der Waals surface area contributed by atoms with E-state index in [0.717, 1.165) is 26.7 Å². The number of benzene rings is 2. The summed E-state index contributed by atoms with van der Waals surface area (Å²) in [5, 5.41) is 0. The highest BCUT2D eigenvalue weighted by Gasteiger charge is 2.37. The van der Waals surface area contributed by atoms with Gasteiger partial charge in [0.1, 0.15) is 0 Å². The second-order valence-electron chi connectivity index (χ2n) is 6.44. The molecule has 0 saturated carbocycles. The Morgan fingerprint density at radius 1 is 1.19 bits per heavy atom. The van der Waals surface area contributed by atoms with Crippen LogP contribution in [0.15, 0.2) is 45.8 Å². The molecule has 1 atom stereocenters. The molecule has 138 valence electrons. The van der Waals surface area contributed by atoms with Crippen LogP contribution in [0.2, 0.25) is 0 Å². The Balaban J connectivity index is 2.05. The molecule has 0 fully saturated rings. The van der Waals surface area contributed by atoms with E-state index in [1.165, 1.54) is 11.4 Å². The zero-order valence-electron chi connectivity index (χ0n) is 14.8. The highest BCUT2D eigenvalue weighted by Crippen LogP contribution is 2.34. The molecule has 1 heterocycles. The first-order chi connectivity index (χ1) is 12.3. The molecule has 0 N–H and O–H groups in total. The minimum Gasteiger partial charge on any atom is -0.469 e. The van der Waals surface area contributed by atoms with Gasteiger partial charge in [0.05, 0.1) is 17.9 Å². The van der Waals surface area contributed by atoms with E-state index in [-0.39, 0.29) is 18.0 Å². The zero-order valence-corrected chi connectivity index (χ0v) is 17.2. The number of carbonyl (C=O) groups excluding carboxylic acids is 1. The van der Waals surface area contributed by atoms with E-state index in [2.05, 4.69) is 15.9 Å². The van der Waals surface area contributed by atoms with E-state index in [1.807, 2.05) is 38.1 Å². The molecular formula is C19H20BrNO4S. The van der Waals surface area contributed by atoms with Gasteiger partial charge in [-0.25, -0.2) is 8.42 Å². The van der Waals surface area contributed by atoms with Gasteiger partial charge in [-0.2, -0.15) is 4.31 Å². The maximum Gasteiger partial charge on any atom is 0.314 e. The summed E-state index contributed by atoms with van der Waals surface area (Å²) in [5.41, 5.74) is 3.35. The van der Waals surface area contributed by atoms with Gasteiger partial charge in [-0.1, -0.05) is 40.2 Å². The van der Waals surface area contributed by atoms with E-state index >= 15 is 0 Å². The normalized spacial score (nSPS) is 17.6. The molecule has 3 rings (SSSR count). The second-order valence-corrected chi connectivity index (χ2v) is 9.17. The van der Waals surface area contributed by atoms with E-state index in [1.54, 1.807) is 12.1 Å². The molecule has 26 heavy (non-hydrogen) atoms. The summed E-state index contributed by atoms with van der Waals surface area (Å²) in [7, 11) is -2.42. The van der Waals surface area contributed by atoms with Gasteiger partial charge in [0.25, 0.3) is 0 Å². The lowest BCUT2D eigenvalue weighted by Gasteiger charge is -2.32. The first-order valence-electron chi connectivity index (χ1n) is 8.18. The van der Waals surface area contributed by atoms with Crippen molar-refractivity contribution >= 4 is 31.9 Å². The molecule has 0 aliphatic carbocycles. The third kappa shape index (κ3) is 3.31. The van der Waals surface area contributed by atoms with Gasteiger partial charge in [-0.3, -0.25) is 4.79 Å². The fourth-order valence-electron chi connectivity index (χ4n) is 3.31. The molecule has 2 aromatic carbocycles. The predicted octanol–water partition coefficient (Wildman–Crippen LogP) is 3.53. The largest absolute Gasteiger partial charge is 0.469 e. The molecule has 1 unspecified atom stereocenters. The van der Waals surface area contributed by atoms with Crippen LogP contribution in [0.5, 0.6) is 0 Å². The number of methoxy groups -OCH3 is 1. The molecule has 7 heteroatoms. The van der Waals surface area contributed by atoms with Crippen LogP contribution >= 0.6 is 15.9 Å². The summed E-state index contributed by atoms with van der Waals surface area (Å²) in [6.07, 6.45) is 0. The maximum absolute atomic E-state index is 13.2. The van der Waals surface area contributed by atoms with Crippen LogP contribution in [0.4, 0.5) is 0 Å². The molecule has 0 radical (unpaired) electrons. The number of esters is 1. The monoisotopic (exact) mass is 437 g/mol. The molecule has 2 aromatic rings. The number of ether oxygens (including phenoxy) is 1. The summed E-state index contributed by atoms with van der Waals surface area (Å²) in [5.74, 6) is -1.06. The molecule has 0 spiro atoms. The zero-order chi connectivity index (χ0) is 19.1. The SMILES string of the molecule is COC(=O)C1CN(S(=O)(=O)c2cc(C)c(Br)c(C)c2)Cc2ccccc21. The molecule has 5 nitrogen and oxygen atoms in total. The van der Waals surface area contributed by atoms with Gasteiger partial charge in [-0.15, -0.1) is 0 Å². The summed E-state index contributed by atoms with van der Waals surface area (Å²) in [6.45, 7) is 4.03. The Bertz CT molecular complexity index is 948. The highest BCUT2D eigenvalue weighted by atomic mass is 79.9. The number of sulfonamides is 1. The van der Waals surface area contributed by atoms with Gasteiger partial charge in [0, 0.05) is 17.6 Å². The lowest BCUT2D eigenvalue weighted by molar-refractivity contribution is -0.142. The third-order valence-electron chi connectivity index (χ3n) is 4.70. The van der Waals surface area contributed by atoms with Gasteiger partial charge >= 0.3 is 5.97 Å². The lowest BCUT2D eigenvalue weighted by atomic mass is 9.91. The Kier molecular flexibility index (Phi) is 5.23. The number of aryl methyl sites for hydroxylation is 2.